The van der Waals surface area contributed by atoms with Gasteiger partial charge in [-0.05, 0) is 55.3 Å². The normalized spacial score (nSPS) is 11.1. The van der Waals surface area contributed by atoms with Gasteiger partial charge in [-0.3, -0.25) is 0 Å². The van der Waals surface area contributed by atoms with Crippen LogP contribution in [0.2, 0.25) is 0 Å². The molecule has 17 heavy (non-hydrogen) atoms. The molecule has 2 N–H and O–H groups in total. The topological polar surface area (TPSA) is 29.3 Å². The lowest BCUT2D eigenvalue weighted by molar-refractivity contribution is 0.327. The molecule has 2 nitrogen and oxygen atoms in total. The number of rotatable bonds is 7. The Kier molecular flexibility index (Phi) is 6.55. The Balaban J connectivity index is 2.57. The minimum Gasteiger partial charge on any atom is -0.326 e. The number of benzene rings is 1. The van der Waals surface area contributed by atoms with Gasteiger partial charge >= 0.3 is 0 Å². The lowest BCUT2D eigenvalue weighted by atomic mass is 10.1. The summed E-state index contributed by atoms with van der Waals surface area (Å²) in [6, 6.07) is 4.84. The van der Waals surface area contributed by atoms with Gasteiger partial charge < -0.3 is 10.6 Å². The molecule has 0 unspecified atom stereocenters. The fraction of sp³-hybridized carbons (Fsp3) is 0.538. The van der Waals surface area contributed by atoms with Crippen molar-refractivity contribution in [1.29, 1.82) is 0 Å². The minimum absolute atomic E-state index is 0.185. The van der Waals surface area contributed by atoms with Crippen molar-refractivity contribution >= 4 is 11.8 Å². The van der Waals surface area contributed by atoms with Crippen LogP contribution in [0.1, 0.15) is 17.5 Å². The third-order valence-corrected chi connectivity index (χ3v) is 3.41. The fourth-order valence-electron chi connectivity index (χ4n) is 1.79. The first-order valence-corrected chi connectivity index (χ1v) is 7.21. The lowest BCUT2D eigenvalue weighted by Gasteiger charge is -2.18. The second kappa shape index (κ2) is 7.69. The second-order valence-corrected chi connectivity index (χ2v) is 5.19. The molecule has 1 aromatic carbocycles. The van der Waals surface area contributed by atoms with E-state index in [2.05, 4.69) is 18.2 Å². The van der Waals surface area contributed by atoms with Crippen LogP contribution in [0.5, 0.6) is 0 Å². The largest absolute Gasteiger partial charge is 0.326 e. The van der Waals surface area contributed by atoms with E-state index in [9.17, 15) is 4.39 Å². The highest BCUT2D eigenvalue weighted by atomic mass is 32.2. The summed E-state index contributed by atoms with van der Waals surface area (Å²) >= 11 is 1.85. The molecule has 0 radical (unpaired) electrons. The van der Waals surface area contributed by atoms with E-state index in [4.69, 9.17) is 5.73 Å². The highest BCUT2D eigenvalue weighted by Crippen LogP contribution is 2.13. The summed E-state index contributed by atoms with van der Waals surface area (Å²) < 4.78 is 13.2. The standard InChI is InChI=1S/C13H21FN2S/c1-16(6-3-7-17-2)10-12-8-13(14)5-4-11(12)9-15/h4-5,8H,3,6-7,9-10,15H2,1-2H3. The van der Waals surface area contributed by atoms with Crippen LogP contribution >= 0.6 is 11.8 Å². The fourth-order valence-corrected chi connectivity index (χ4v) is 2.21. The maximum absolute atomic E-state index is 13.2. The van der Waals surface area contributed by atoms with E-state index in [0.29, 0.717) is 6.54 Å². The van der Waals surface area contributed by atoms with Crippen molar-refractivity contribution in [3.8, 4) is 0 Å². The van der Waals surface area contributed by atoms with Crippen LogP contribution in [0.4, 0.5) is 4.39 Å². The van der Waals surface area contributed by atoms with Gasteiger partial charge in [0.05, 0.1) is 0 Å². The van der Waals surface area contributed by atoms with Crippen LogP contribution < -0.4 is 5.73 Å². The molecule has 0 aliphatic carbocycles. The Morgan fingerprint density at radius 3 is 2.76 bits per heavy atom. The van der Waals surface area contributed by atoms with Gasteiger partial charge in [0.25, 0.3) is 0 Å². The molecule has 0 atom stereocenters. The Hall–Kier alpha value is -0.580. The molecule has 0 heterocycles. The number of nitrogens with zero attached hydrogens (tertiary/aromatic N) is 1. The SMILES string of the molecule is CSCCCN(C)Cc1cc(F)ccc1CN. The predicted molar refractivity (Wildman–Crippen MR) is 73.6 cm³/mol. The smallest absolute Gasteiger partial charge is 0.123 e. The van der Waals surface area contributed by atoms with Crippen molar-refractivity contribution in [1.82, 2.24) is 4.90 Å². The Morgan fingerprint density at radius 1 is 1.35 bits per heavy atom. The van der Waals surface area contributed by atoms with Crippen LogP contribution in [-0.2, 0) is 13.1 Å². The quantitative estimate of drug-likeness (QED) is 0.760. The molecule has 0 spiro atoms. The van der Waals surface area contributed by atoms with Gasteiger partial charge in [0.15, 0.2) is 0 Å². The minimum atomic E-state index is -0.185. The molecule has 0 amide bonds. The monoisotopic (exact) mass is 256 g/mol. The van der Waals surface area contributed by atoms with Gasteiger partial charge in [0.2, 0.25) is 0 Å². The summed E-state index contributed by atoms with van der Waals surface area (Å²) in [5, 5.41) is 0. The van der Waals surface area contributed by atoms with Crippen molar-refractivity contribution in [3.63, 3.8) is 0 Å². The Morgan fingerprint density at radius 2 is 2.12 bits per heavy atom. The van der Waals surface area contributed by atoms with Crippen molar-refractivity contribution < 1.29 is 4.39 Å². The van der Waals surface area contributed by atoms with Gasteiger partial charge in [-0.15, -0.1) is 0 Å². The van der Waals surface area contributed by atoms with E-state index >= 15 is 0 Å². The summed E-state index contributed by atoms with van der Waals surface area (Å²) in [7, 11) is 2.06. The first-order chi connectivity index (χ1) is 8.17. The van der Waals surface area contributed by atoms with Crippen LogP contribution in [0.3, 0.4) is 0 Å². The van der Waals surface area contributed by atoms with Crippen molar-refractivity contribution in [2.45, 2.75) is 19.5 Å². The molecule has 0 bridgehead atoms. The first kappa shape index (κ1) is 14.5. The number of nitrogens with two attached hydrogens (primary N) is 1. The van der Waals surface area contributed by atoms with E-state index in [1.54, 1.807) is 12.1 Å². The third kappa shape index (κ3) is 5.06. The average Bonchev–Trinajstić information content (AvgIpc) is 2.29. The summed E-state index contributed by atoms with van der Waals surface area (Å²) in [5.41, 5.74) is 7.68. The maximum atomic E-state index is 13.2. The molecule has 1 aromatic rings. The van der Waals surface area contributed by atoms with E-state index in [0.717, 1.165) is 36.4 Å². The molecule has 1 rings (SSSR count). The van der Waals surface area contributed by atoms with Crippen molar-refractivity contribution in [2.24, 2.45) is 5.73 Å². The molecule has 0 fully saturated rings. The Bertz CT molecular complexity index is 344. The van der Waals surface area contributed by atoms with Gasteiger partial charge in [0.1, 0.15) is 5.82 Å². The summed E-state index contributed by atoms with van der Waals surface area (Å²) in [6.07, 6.45) is 3.27. The molecule has 0 saturated heterocycles. The van der Waals surface area contributed by atoms with Crippen LogP contribution in [0.25, 0.3) is 0 Å². The summed E-state index contributed by atoms with van der Waals surface area (Å²) in [6.45, 7) is 2.26. The van der Waals surface area contributed by atoms with Crippen molar-refractivity contribution in [2.75, 3.05) is 25.6 Å². The van der Waals surface area contributed by atoms with Gasteiger partial charge in [-0.25, -0.2) is 4.39 Å². The third-order valence-electron chi connectivity index (χ3n) is 2.72. The number of halogens is 1. The summed E-state index contributed by atoms with van der Waals surface area (Å²) in [4.78, 5) is 2.21. The number of hydrogen-bond donors (Lipinski definition) is 1. The van der Waals surface area contributed by atoms with Crippen LogP contribution in [-0.4, -0.2) is 30.5 Å². The van der Waals surface area contributed by atoms with Gasteiger partial charge in [0, 0.05) is 13.1 Å². The molecule has 0 aromatic heterocycles. The highest BCUT2D eigenvalue weighted by molar-refractivity contribution is 7.98. The number of thioether (sulfide) groups is 1. The highest BCUT2D eigenvalue weighted by Gasteiger charge is 2.06. The molecule has 0 aliphatic rings. The van der Waals surface area contributed by atoms with Crippen molar-refractivity contribution in [3.05, 3.63) is 35.1 Å². The van der Waals surface area contributed by atoms with Gasteiger partial charge in [-0.2, -0.15) is 11.8 Å². The van der Waals surface area contributed by atoms with E-state index < -0.39 is 0 Å². The molecular formula is C13H21FN2S. The molecular weight excluding hydrogens is 235 g/mol. The predicted octanol–water partition coefficient (Wildman–Crippen LogP) is 2.47. The maximum Gasteiger partial charge on any atom is 0.123 e. The zero-order valence-corrected chi connectivity index (χ0v) is 11.4. The zero-order chi connectivity index (χ0) is 12.7. The van der Waals surface area contributed by atoms with Crippen LogP contribution in [0, 0.1) is 5.82 Å². The first-order valence-electron chi connectivity index (χ1n) is 5.82. The van der Waals surface area contributed by atoms with E-state index in [1.807, 2.05) is 11.8 Å². The van der Waals surface area contributed by atoms with E-state index in [1.165, 1.54) is 6.07 Å². The molecule has 0 aliphatic heterocycles. The number of hydrogen-bond acceptors (Lipinski definition) is 3. The summed E-state index contributed by atoms with van der Waals surface area (Å²) in [5.74, 6) is 0.978. The zero-order valence-electron chi connectivity index (χ0n) is 10.6. The molecule has 4 heteroatoms. The van der Waals surface area contributed by atoms with Crippen LogP contribution in [0.15, 0.2) is 18.2 Å². The molecule has 0 saturated carbocycles. The Labute approximate surface area is 107 Å². The molecule has 96 valence electrons. The average molecular weight is 256 g/mol. The van der Waals surface area contributed by atoms with E-state index in [-0.39, 0.29) is 5.82 Å². The lowest BCUT2D eigenvalue weighted by Crippen LogP contribution is -2.21. The van der Waals surface area contributed by atoms with Gasteiger partial charge in [-0.1, -0.05) is 6.07 Å². The second-order valence-electron chi connectivity index (χ2n) is 4.20.